The van der Waals surface area contributed by atoms with E-state index in [9.17, 15) is 13.2 Å². The number of hydrogen-bond acceptors (Lipinski definition) is 4. The fraction of sp³-hybridized carbons (Fsp3) is 0.591. The molecule has 2 aliphatic carbocycles. The van der Waals surface area contributed by atoms with Crippen LogP contribution < -0.4 is 0 Å². The number of allylic oxidation sites excluding steroid dienone is 2. The number of carbonyl (C=O) groups excluding carboxylic acids is 1. The van der Waals surface area contributed by atoms with Gasteiger partial charge in [-0.3, -0.25) is 8.98 Å². The first-order chi connectivity index (χ1) is 12.5. The van der Waals surface area contributed by atoms with Crippen molar-refractivity contribution in [3.63, 3.8) is 0 Å². The smallest absolute Gasteiger partial charge is 0.295 e. The van der Waals surface area contributed by atoms with E-state index in [1.807, 2.05) is 20.8 Å². The summed E-state index contributed by atoms with van der Waals surface area (Å²) in [6, 6.07) is 6.77. The SMILES string of the molecule is CC(C)=C1C[C@H]2[C@H](C)[C@@H](OS(=O)(=O)c3ccc(C)cc3)CC[C@]2(C)CC1=O. The molecule has 0 saturated heterocycles. The quantitative estimate of drug-likeness (QED) is 0.548. The second-order valence-electron chi connectivity index (χ2n) is 8.84. The Bertz CT molecular complexity index is 862. The van der Waals surface area contributed by atoms with Gasteiger partial charge >= 0.3 is 0 Å². The van der Waals surface area contributed by atoms with Crippen molar-refractivity contribution < 1.29 is 17.4 Å². The predicted molar refractivity (Wildman–Crippen MR) is 106 cm³/mol. The summed E-state index contributed by atoms with van der Waals surface area (Å²) in [5.41, 5.74) is 2.94. The normalized spacial score (nSPS) is 31.5. The van der Waals surface area contributed by atoms with E-state index in [0.29, 0.717) is 12.8 Å². The summed E-state index contributed by atoms with van der Waals surface area (Å²) in [6.45, 7) is 10.2. The van der Waals surface area contributed by atoms with Gasteiger partial charge in [-0.05, 0) is 75.0 Å². The molecule has 0 amide bonds. The van der Waals surface area contributed by atoms with Crippen molar-refractivity contribution in [1.82, 2.24) is 0 Å². The largest absolute Gasteiger partial charge is 0.297 e. The maximum atomic E-state index is 12.7. The summed E-state index contributed by atoms with van der Waals surface area (Å²) < 4.78 is 31.2. The molecule has 0 N–H and O–H groups in total. The molecule has 3 rings (SSSR count). The summed E-state index contributed by atoms with van der Waals surface area (Å²) in [5.74, 6) is 0.589. The number of ketones is 1. The number of hydrogen-bond donors (Lipinski definition) is 0. The van der Waals surface area contributed by atoms with Gasteiger partial charge < -0.3 is 0 Å². The van der Waals surface area contributed by atoms with Crippen LogP contribution in [0.2, 0.25) is 0 Å². The topological polar surface area (TPSA) is 60.4 Å². The minimum Gasteiger partial charge on any atom is -0.295 e. The molecule has 0 heterocycles. The molecule has 0 aliphatic heterocycles. The lowest BCUT2D eigenvalue weighted by atomic mass is 9.55. The summed E-state index contributed by atoms with van der Waals surface area (Å²) in [5, 5.41) is 0. The number of aryl methyl sites for hydroxylation is 1. The van der Waals surface area contributed by atoms with Gasteiger partial charge in [0.15, 0.2) is 5.78 Å². The van der Waals surface area contributed by atoms with Crippen molar-refractivity contribution >= 4 is 15.9 Å². The van der Waals surface area contributed by atoms with E-state index < -0.39 is 10.1 Å². The molecule has 5 heteroatoms. The lowest BCUT2D eigenvalue weighted by Gasteiger charge is -2.51. The van der Waals surface area contributed by atoms with Crippen LogP contribution in [-0.4, -0.2) is 20.3 Å². The molecule has 0 aromatic heterocycles. The second kappa shape index (κ2) is 7.17. The highest BCUT2D eigenvalue weighted by molar-refractivity contribution is 7.86. The van der Waals surface area contributed by atoms with Gasteiger partial charge in [0.1, 0.15) is 0 Å². The Kier molecular flexibility index (Phi) is 5.39. The van der Waals surface area contributed by atoms with Gasteiger partial charge in [0.2, 0.25) is 0 Å². The molecule has 4 atom stereocenters. The maximum absolute atomic E-state index is 12.7. The molecule has 148 valence electrons. The van der Waals surface area contributed by atoms with Gasteiger partial charge in [-0.25, -0.2) is 0 Å². The summed E-state index contributed by atoms with van der Waals surface area (Å²) in [6.07, 6.45) is 2.42. The van der Waals surface area contributed by atoms with Gasteiger partial charge in [-0.2, -0.15) is 8.42 Å². The van der Waals surface area contributed by atoms with Crippen LogP contribution in [0, 0.1) is 24.2 Å². The van der Waals surface area contributed by atoms with Crippen LogP contribution in [-0.2, 0) is 19.1 Å². The minimum absolute atomic E-state index is 0.0665. The average molecular weight is 391 g/mol. The van der Waals surface area contributed by atoms with Crippen LogP contribution in [0.15, 0.2) is 40.3 Å². The highest BCUT2D eigenvalue weighted by atomic mass is 32.2. The standard InChI is InChI=1S/C22H30O4S/c1-14(2)18-12-19-16(4)21(10-11-22(19,5)13-20(18)23)26-27(24,25)17-8-6-15(3)7-9-17/h6-9,16,19,21H,10-13H2,1-5H3/t16-,19-,21-,22+/m0/s1. The Morgan fingerprint density at radius 3 is 2.41 bits per heavy atom. The number of Topliss-reactive ketones (excluding diaryl/α,β-unsaturated/α-hetero) is 1. The lowest BCUT2D eigenvalue weighted by molar-refractivity contribution is -0.125. The van der Waals surface area contributed by atoms with Crippen LogP contribution >= 0.6 is 0 Å². The van der Waals surface area contributed by atoms with Gasteiger partial charge in [-0.15, -0.1) is 0 Å². The Hall–Kier alpha value is -1.46. The average Bonchev–Trinajstić information content (AvgIpc) is 2.57. The molecule has 0 radical (unpaired) electrons. The molecule has 2 saturated carbocycles. The van der Waals surface area contributed by atoms with Crippen molar-refractivity contribution in [2.24, 2.45) is 17.3 Å². The molecule has 0 unspecified atom stereocenters. The van der Waals surface area contributed by atoms with E-state index in [0.717, 1.165) is 29.6 Å². The molecular weight excluding hydrogens is 360 g/mol. The highest BCUT2D eigenvalue weighted by Gasteiger charge is 2.50. The summed E-state index contributed by atoms with van der Waals surface area (Å²) >= 11 is 0. The molecule has 2 aliphatic rings. The van der Waals surface area contributed by atoms with E-state index in [1.54, 1.807) is 24.3 Å². The Labute approximate surface area is 163 Å². The second-order valence-corrected chi connectivity index (χ2v) is 10.4. The van der Waals surface area contributed by atoms with E-state index in [2.05, 4.69) is 13.8 Å². The third-order valence-electron chi connectivity index (χ3n) is 6.60. The van der Waals surface area contributed by atoms with Gasteiger partial charge in [0.25, 0.3) is 10.1 Å². The summed E-state index contributed by atoms with van der Waals surface area (Å²) in [4.78, 5) is 12.7. The van der Waals surface area contributed by atoms with Crippen LogP contribution in [0.1, 0.15) is 58.9 Å². The molecule has 1 aromatic rings. The zero-order valence-electron chi connectivity index (χ0n) is 16.9. The lowest BCUT2D eigenvalue weighted by Crippen LogP contribution is -2.48. The van der Waals surface area contributed by atoms with Crippen molar-refractivity contribution in [2.75, 3.05) is 0 Å². The van der Waals surface area contributed by atoms with Crippen molar-refractivity contribution in [2.45, 2.75) is 71.3 Å². The fourth-order valence-electron chi connectivity index (χ4n) is 4.81. The minimum atomic E-state index is -3.79. The van der Waals surface area contributed by atoms with Crippen LogP contribution in [0.4, 0.5) is 0 Å². The maximum Gasteiger partial charge on any atom is 0.297 e. The van der Waals surface area contributed by atoms with E-state index in [1.165, 1.54) is 0 Å². The van der Waals surface area contributed by atoms with Crippen LogP contribution in [0.25, 0.3) is 0 Å². The Morgan fingerprint density at radius 2 is 1.81 bits per heavy atom. The first-order valence-electron chi connectivity index (χ1n) is 9.73. The van der Waals surface area contributed by atoms with Gasteiger partial charge in [-0.1, -0.05) is 37.1 Å². The summed E-state index contributed by atoms with van der Waals surface area (Å²) in [7, 11) is -3.79. The predicted octanol–water partition coefficient (Wildman–Crippen LogP) is 4.82. The molecule has 1 aromatic carbocycles. The molecule has 27 heavy (non-hydrogen) atoms. The molecular formula is C22H30O4S. The first-order valence-corrected chi connectivity index (χ1v) is 11.1. The number of carbonyl (C=O) groups is 1. The fourth-order valence-corrected chi connectivity index (χ4v) is 5.99. The van der Waals surface area contributed by atoms with E-state index in [4.69, 9.17) is 4.18 Å². The number of benzene rings is 1. The Morgan fingerprint density at radius 1 is 1.19 bits per heavy atom. The Balaban J connectivity index is 1.83. The highest BCUT2D eigenvalue weighted by Crippen LogP contribution is 2.54. The molecule has 0 spiro atoms. The van der Waals surface area contributed by atoms with Crippen molar-refractivity contribution in [1.29, 1.82) is 0 Å². The van der Waals surface area contributed by atoms with Gasteiger partial charge in [0.05, 0.1) is 11.0 Å². The third-order valence-corrected chi connectivity index (χ3v) is 7.95. The van der Waals surface area contributed by atoms with Crippen molar-refractivity contribution in [3.8, 4) is 0 Å². The first kappa shape index (κ1) is 20.3. The molecule has 2 fully saturated rings. The molecule has 0 bridgehead atoms. The molecule has 4 nitrogen and oxygen atoms in total. The zero-order chi connectivity index (χ0) is 20.0. The number of fused-ring (bicyclic) bond motifs is 1. The van der Waals surface area contributed by atoms with E-state index >= 15 is 0 Å². The van der Waals surface area contributed by atoms with Crippen LogP contribution in [0.3, 0.4) is 0 Å². The van der Waals surface area contributed by atoms with E-state index in [-0.39, 0.29) is 34.0 Å². The zero-order valence-corrected chi connectivity index (χ0v) is 17.7. The third kappa shape index (κ3) is 3.90. The van der Waals surface area contributed by atoms with Crippen LogP contribution in [0.5, 0.6) is 0 Å². The monoisotopic (exact) mass is 390 g/mol. The van der Waals surface area contributed by atoms with Crippen molar-refractivity contribution in [3.05, 3.63) is 41.0 Å². The number of rotatable bonds is 3. The van der Waals surface area contributed by atoms with Gasteiger partial charge in [0, 0.05) is 6.42 Å².